The normalized spacial score (nSPS) is 20.0. The lowest BCUT2D eigenvalue weighted by atomic mass is 10.1. The quantitative estimate of drug-likeness (QED) is 0.0764. The zero-order valence-corrected chi connectivity index (χ0v) is 35.6. The summed E-state index contributed by atoms with van der Waals surface area (Å²) in [5.74, 6) is -1.79. The van der Waals surface area contributed by atoms with Gasteiger partial charge in [0.1, 0.15) is 34.8 Å². The van der Waals surface area contributed by atoms with Crippen LogP contribution in [0.3, 0.4) is 0 Å². The van der Waals surface area contributed by atoms with Crippen molar-refractivity contribution in [2.75, 3.05) is 18.6 Å². The Labute approximate surface area is 337 Å². The minimum Gasteiger partial charge on any atom is -0.488 e. The molecule has 1 aromatic carbocycles. The van der Waals surface area contributed by atoms with Crippen LogP contribution in [0, 0.1) is 0 Å². The Morgan fingerprint density at radius 1 is 1.00 bits per heavy atom. The van der Waals surface area contributed by atoms with Crippen molar-refractivity contribution in [3.8, 4) is 11.5 Å². The molecule has 6 atom stereocenters. The van der Waals surface area contributed by atoms with E-state index in [4.69, 9.17) is 40.2 Å². The molecule has 1 aliphatic rings. The number of anilines is 1. The monoisotopic (exact) mass is 868 g/mol. The maximum Gasteiger partial charge on any atom is 0.509 e. The van der Waals surface area contributed by atoms with Gasteiger partial charge >= 0.3 is 37.7 Å². The van der Waals surface area contributed by atoms with E-state index in [0.717, 1.165) is 35.7 Å². The molecular weight excluding hydrogens is 822 g/mol. The van der Waals surface area contributed by atoms with Gasteiger partial charge in [0.2, 0.25) is 5.75 Å². The maximum absolute atomic E-state index is 16.4. The number of esters is 1. The lowest BCUT2D eigenvalue weighted by Crippen LogP contribution is -2.45. The molecule has 2 amide bonds. The summed E-state index contributed by atoms with van der Waals surface area (Å²) < 4.78 is 66.2. The molecule has 1 saturated heterocycles. The second-order valence-corrected chi connectivity index (χ2v) is 18.5. The average molecular weight is 869 g/mol. The highest BCUT2D eigenvalue weighted by atomic mass is 35.5. The van der Waals surface area contributed by atoms with Crippen LogP contribution in [0.5, 0.6) is 11.5 Å². The number of alkyl halides is 1. The Morgan fingerprint density at radius 3 is 2.11 bits per heavy atom. The van der Waals surface area contributed by atoms with Gasteiger partial charge in [0.25, 0.3) is 0 Å². The summed E-state index contributed by atoms with van der Waals surface area (Å²) >= 11 is 6.97. The van der Waals surface area contributed by atoms with Crippen molar-refractivity contribution in [2.24, 2.45) is 0 Å². The third-order valence-corrected chi connectivity index (χ3v) is 9.55. The number of amides is 2. The van der Waals surface area contributed by atoms with Crippen LogP contribution >= 0.6 is 31.1 Å². The molecule has 0 aliphatic carbocycles. The molecule has 23 heteroatoms. The van der Waals surface area contributed by atoms with Crippen molar-refractivity contribution in [3.05, 3.63) is 46.0 Å². The molecule has 0 spiro atoms. The van der Waals surface area contributed by atoms with Gasteiger partial charge in [-0.25, -0.2) is 33.2 Å². The molecule has 3 rings (SSSR count). The number of carbonyl (C=O) groups is 4. The lowest BCUT2D eigenvalue weighted by Gasteiger charge is -2.28. The van der Waals surface area contributed by atoms with Crippen molar-refractivity contribution in [1.29, 1.82) is 0 Å². The smallest absolute Gasteiger partial charge is 0.488 e. The van der Waals surface area contributed by atoms with Crippen LogP contribution in [-0.2, 0) is 37.7 Å². The number of rotatable bonds is 12. The molecule has 1 unspecified atom stereocenters. The number of nitrogens with one attached hydrogen (secondary N) is 1. The Morgan fingerprint density at radius 2 is 1.58 bits per heavy atom. The fourth-order valence-electron chi connectivity index (χ4n) is 4.60. The first-order valence-corrected chi connectivity index (χ1v) is 20.0. The largest absolute Gasteiger partial charge is 0.509 e. The summed E-state index contributed by atoms with van der Waals surface area (Å²) in [6.45, 7) is 14.9. The Kier molecular flexibility index (Phi) is 15.4. The first kappa shape index (κ1) is 47.2. The zero-order valence-electron chi connectivity index (χ0n) is 33.1. The van der Waals surface area contributed by atoms with Crippen molar-refractivity contribution in [2.45, 2.75) is 115 Å². The van der Waals surface area contributed by atoms with E-state index >= 15 is 4.39 Å². The summed E-state index contributed by atoms with van der Waals surface area (Å²) in [5, 5.41) is -0.351. The SMILES string of the molecule is COC(=O)[C@H](C)NP(=O)(O)OOc1ccc(Cl)cc1OC[C@H]1S[C@@H](n2ccc(N(C(=O)OC(C)(C)C)C(=O)OC(C)(C)C)nc2=O)[C@@H](F)[C@@H]1OC(=O)OC(C)(C)C. The highest BCUT2D eigenvalue weighted by molar-refractivity contribution is 8.00. The third-order valence-electron chi connectivity index (χ3n) is 6.81. The van der Waals surface area contributed by atoms with E-state index in [1.807, 2.05) is 5.09 Å². The number of imide groups is 1. The van der Waals surface area contributed by atoms with E-state index in [-0.39, 0.29) is 16.5 Å². The molecule has 57 heavy (non-hydrogen) atoms. The highest BCUT2D eigenvalue weighted by Gasteiger charge is 2.50. The minimum absolute atomic E-state index is 0.119. The van der Waals surface area contributed by atoms with Crippen molar-refractivity contribution in [1.82, 2.24) is 14.6 Å². The molecule has 1 aliphatic heterocycles. The summed E-state index contributed by atoms with van der Waals surface area (Å²) in [4.78, 5) is 83.7. The van der Waals surface area contributed by atoms with Gasteiger partial charge in [-0.15, -0.1) is 11.8 Å². The minimum atomic E-state index is -4.77. The number of ether oxygens (including phenoxy) is 6. The number of halogens is 2. The summed E-state index contributed by atoms with van der Waals surface area (Å²) in [7, 11) is -3.69. The fraction of sp³-hybridized carbons (Fsp3) is 0.588. The van der Waals surface area contributed by atoms with Gasteiger partial charge in [0, 0.05) is 17.3 Å². The number of nitrogens with zero attached hydrogens (tertiary/aromatic N) is 3. The van der Waals surface area contributed by atoms with Crippen molar-refractivity contribution >= 4 is 61.2 Å². The number of benzene rings is 1. The number of carbonyl (C=O) groups excluding carboxylic acids is 4. The molecule has 1 fully saturated rings. The molecular formula is C34H47ClFN4O15PS. The van der Waals surface area contributed by atoms with Crippen molar-refractivity contribution in [3.63, 3.8) is 0 Å². The first-order chi connectivity index (χ1) is 26.1. The van der Waals surface area contributed by atoms with Gasteiger partial charge < -0.3 is 38.2 Å². The van der Waals surface area contributed by atoms with Gasteiger partial charge in [0.05, 0.1) is 12.4 Å². The zero-order chi connectivity index (χ0) is 43.3. The molecule has 2 aromatic rings. The lowest BCUT2D eigenvalue weighted by molar-refractivity contribution is -0.143. The molecule has 318 valence electrons. The van der Waals surface area contributed by atoms with E-state index in [2.05, 4.69) is 14.4 Å². The van der Waals surface area contributed by atoms with Gasteiger partial charge in [-0.1, -0.05) is 16.3 Å². The van der Waals surface area contributed by atoms with E-state index in [0.29, 0.717) is 4.90 Å². The maximum atomic E-state index is 16.4. The molecule has 19 nitrogen and oxygen atoms in total. The Balaban J connectivity index is 1.94. The Hall–Kier alpha value is -4.14. The van der Waals surface area contributed by atoms with Crippen LogP contribution in [-0.4, -0.2) is 92.8 Å². The molecule has 0 bridgehead atoms. The second-order valence-electron chi connectivity index (χ2n) is 15.3. The van der Waals surface area contributed by atoms with Crippen LogP contribution in [0.1, 0.15) is 74.6 Å². The molecule has 0 saturated carbocycles. The average Bonchev–Trinajstić information content (AvgIpc) is 3.33. The molecule has 2 N–H and O–H groups in total. The molecule has 1 aromatic heterocycles. The van der Waals surface area contributed by atoms with Gasteiger partial charge in [-0.05, 0) is 87.4 Å². The number of methoxy groups -OCH3 is 1. The van der Waals surface area contributed by atoms with E-state index < -0.39 is 95.9 Å². The molecule has 2 heterocycles. The third kappa shape index (κ3) is 14.3. The van der Waals surface area contributed by atoms with Gasteiger partial charge in [-0.2, -0.15) is 9.88 Å². The highest BCUT2D eigenvalue weighted by Crippen LogP contribution is 2.46. The molecule has 0 radical (unpaired) electrons. The number of thioether (sulfide) groups is 1. The van der Waals surface area contributed by atoms with Gasteiger partial charge in [-0.3, -0.25) is 9.36 Å². The summed E-state index contributed by atoms with van der Waals surface area (Å²) in [5.41, 5.74) is -4.23. The Bertz CT molecular complexity index is 1870. The van der Waals surface area contributed by atoms with E-state index in [1.54, 1.807) is 62.3 Å². The van der Waals surface area contributed by atoms with Crippen LogP contribution < -0.4 is 25.3 Å². The fourth-order valence-corrected chi connectivity index (χ4v) is 7.04. The number of aromatic nitrogens is 2. The van der Waals surface area contributed by atoms with Crippen molar-refractivity contribution < 1.29 is 71.0 Å². The van der Waals surface area contributed by atoms with Crippen LogP contribution in [0.4, 0.5) is 24.6 Å². The summed E-state index contributed by atoms with van der Waals surface area (Å²) in [6, 6.07) is 3.65. The van der Waals surface area contributed by atoms with Crippen LogP contribution in [0.25, 0.3) is 0 Å². The first-order valence-electron chi connectivity index (χ1n) is 17.1. The number of hydrogen-bond acceptors (Lipinski definition) is 16. The standard InChI is InChI=1S/C34H47ClFN4O15PS/c1-18(27(41)48-11)38-56(46,47)55-54-20-13-12-19(35)16-21(20)49-17-22-25(50-31(45)53-34(8,9)10)24(36)26(57-22)39-15-14-23(37-28(39)42)40(29(43)51-32(2,3)4)30(44)52-33(5,6)7/h12-16,18,22,24-26H,17H2,1-11H3,(H2,38,46,47)/t18-,22+,24-,25+,26+/m0/s1. The summed E-state index contributed by atoms with van der Waals surface area (Å²) in [6.07, 6.45) is -6.22. The predicted molar refractivity (Wildman–Crippen MR) is 203 cm³/mol. The van der Waals surface area contributed by atoms with Crippen LogP contribution in [0.15, 0.2) is 35.3 Å². The van der Waals surface area contributed by atoms with E-state index in [1.165, 1.54) is 25.1 Å². The van der Waals surface area contributed by atoms with E-state index in [9.17, 15) is 33.4 Å². The van der Waals surface area contributed by atoms with Crippen LogP contribution in [0.2, 0.25) is 5.02 Å². The second kappa shape index (κ2) is 18.6. The van der Waals surface area contributed by atoms with Gasteiger partial charge in [0.15, 0.2) is 23.8 Å². The number of hydrogen-bond donors (Lipinski definition) is 2. The predicted octanol–water partition coefficient (Wildman–Crippen LogP) is 6.49. The topological polar surface area (TPSA) is 230 Å².